The molecule has 1 aromatic carbocycles. The predicted octanol–water partition coefficient (Wildman–Crippen LogP) is 9.87. The van der Waals surface area contributed by atoms with E-state index in [4.69, 9.17) is 4.74 Å². The smallest absolute Gasteiger partial charge is 0.136 e. The molecule has 0 aliphatic heterocycles. The molecule has 0 saturated heterocycles. The Bertz CT molecular complexity index is 826. The molecule has 1 heterocycles. The first-order valence-electron chi connectivity index (χ1n) is 14.0. The topological polar surface area (TPSA) is 22.1 Å². The van der Waals surface area contributed by atoms with Gasteiger partial charge in [-0.05, 0) is 81.0 Å². The third-order valence-electron chi connectivity index (χ3n) is 7.59. The second-order valence-electron chi connectivity index (χ2n) is 10.5. The van der Waals surface area contributed by atoms with Crippen LogP contribution in [-0.4, -0.2) is 11.1 Å². The molecule has 1 fully saturated rings. The Balaban J connectivity index is 1.49. The highest BCUT2D eigenvalue weighted by atomic mass is 19.1. The molecule has 1 atom stereocenters. The summed E-state index contributed by atoms with van der Waals surface area (Å²) in [5, 5.41) is 0. The van der Waals surface area contributed by atoms with Crippen molar-refractivity contribution in [1.29, 1.82) is 0 Å². The van der Waals surface area contributed by atoms with Crippen LogP contribution in [0.2, 0.25) is 0 Å². The van der Waals surface area contributed by atoms with Crippen molar-refractivity contribution in [3.05, 3.63) is 47.9 Å². The third kappa shape index (κ3) is 8.40. The maximum atomic E-state index is 14.9. The number of nitrogens with zero attached hydrogens (tertiary/aromatic N) is 1. The highest BCUT2D eigenvalue weighted by Gasteiger charge is 2.22. The molecule has 1 saturated carbocycles. The molecule has 0 unspecified atom stereocenters. The lowest BCUT2D eigenvalue weighted by molar-refractivity contribution is 0.205. The minimum atomic E-state index is -0.264. The second-order valence-corrected chi connectivity index (χ2v) is 10.5. The first kappa shape index (κ1) is 26.7. The van der Waals surface area contributed by atoms with E-state index in [9.17, 15) is 4.39 Å². The van der Waals surface area contributed by atoms with Crippen molar-refractivity contribution < 1.29 is 9.13 Å². The largest absolute Gasteiger partial charge is 0.491 e. The van der Waals surface area contributed by atoms with Gasteiger partial charge >= 0.3 is 0 Å². The number of benzene rings is 1. The van der Waals surface area contributed by atoms with Gasteiger partial charge in [-0.1, -0.05) is 71.3 Å². The van der Waals surface area contributed by atoms with Crippen molar-refractivity contribution in [3.8, 4) is 17.0 Å². The van der Waals surface area contributed by atoms with Crippen molar-refractivity contribution in [3.63, 3.8) is 0 Å². The van der Waals surface area contributed by atoms with Crippen molar-refractivity contribution in [1.82, 2.24) is 4.98 Å². The van der Waals surface area contributed by atoms with E-state index in [0.717, 1.165) is 18.8 Å². The SMILES string of the molecule is CCCCCC[C@H](C)Oc1ccc(-c2ccc([C@H]3CC[C@H](CCCCCC)CC3)cn2)c(F)c1. The molecule has 188 valence electrons. The summed E-state index contributed by atoms with van der Waals surface area (Å²) < 4.78 is 20.8. The van der Waals surface area contributed by atoms with E-state index in [-0.39, 0.29) is 11.9 Å². The first-order chi connectivity index (χ1) is 16.6. The van der Waals surface area contributed by atoms with Gasteiger partial charge < -0.3 is 4.74 Å². The highest BCUT2D eigenvalue weighted by molar-refractivity contribution is 5.61. The van der Waals surface area contributed by atoms with Crippen LogP contribution < -0.4 is 4.74 Å². The van der Waals surface area contributed by atoms with Crippen LogP contribution in [0.15, 0.2) is 36.5 Å². The summed E-state index contributed by atoms with van der Waals surface area (Å²) in [5.74, 6) is 1.86. The van der Waals surface area contributed by atoms with Gasteiger partial charge in [-0.15, -0.1) is 0 Å². The van der Waals surface area contributed by atoms with Crippen molar-refractivity contribution in [2.24, 2.45) is 5.92 Å². The number of unbranched alkanes of at least 4 members (excludes halogenated alkanes) is 6. The van der Waals surface area contributed by atoms with Gasteiger partial charge in [-0.3, -0.25) is 4.98 Å². The standard InChI is InChI=1S/C31H46FNO/c1-4-6-8-10-12-24(3)34-28-19-20-29(30(32)22-28)31-21-18-27(23-33-31)26-16-14-25(15-17-26)13-11-9-7-5-2/h18-26H,4-17H2,1-3H3/t24-,25-,26-/m0/s1. The van der Waals surface area contributed by atoms with Gasteiger partial charge in [-0.2, -0.15) is 0 Å². The molecule has 0 spiro atoms. The number of rotatable bonds is 14. The molecule has 1 aromatic heterocycles. The number of halogens is 1. The second kappa shape index (κ2) is 14.5. The molecule has 0 amide bonds. The Hall–Kier alpha value is -1.90. The van der Waals surface area contributed by atoms with Crippen LogP contribution in [0, 0.1) is 11.7 Å². The van der Waals surface area contributed by atoms with Crippen LogP contribution in [0.5, 0.6) is 5.75 Å². The lowest BCUT2D eigenvalue weighted by atomic mass is 9.77. The van der Waals surface area contributed by atoms with Crippen LogP contribution in [0.1, 0.15) is 122 Å². The van der Waals surface area contributed by atoms with E-state index in [2.05, 4.69) is 31.8 Å². The Kier molecular flexibility index (Phi) is 11.4. The fourth-order valence-electron chi connectivity index (χ4n) is 5.38. The van der Waals surface area contributed by atoms with Gasteiger partial charge in [0.05, 0.1) is 11.8 Å². The molecule has 2 nitrogen and oxygen atoms in total. The summed E-state index contributed by atoms with van der Waals surface area (Å²) in [6.45, 7) is 6.56. The number of pyridine rings is 1. The average molecular weight is 468 g/mol. The summed E-state index contributed by atoms with van der Waals surface area (Å²) in [6.07, 6.45) is 20.1. The summed E-state index contributed by atoms with van der Waals surface area (Å²) in [5.41, 5.74) is 2.56. The fourth-order valence-corrected chi connectivity index (χ4v) is 5.38. The van der Waals surface area contributed by atoms with Gasteiger partial charge in [0.25, 0.3) is 0 Å². The van der Waals surface area contributed by atoms with E-state index in [0.29, 0.717) is 22.9 Å². The molecule has 0 N–H and O–H groups in total. The summed E-state index contributed by atoms with van der Waals surface area (Å²) in [7, 11) is 0. The molecule has 34 heavy (non-hydrogen) atoms. The lowest BCUT2D eigenvalue weighted by Crippen LogP contribution is -2.13. The van der Waals surface area contributed by atoms with Gasteiger partial charge in [0.1, 0.15) is 11.6 Å². The number of ether oxygens (including phenoxy) is 1. The van der Waals surface area contributed by atoms with Gasteiger partial charge in [0, 0.05) is 17.8 Å². The van der Waals surface area contributed by atoms with Crippen molar-refractivity contribution in [2.45, 2.75) is 123 Å². The minimum absolute atomic E-state index is 0.103. The first-order valence-corrected chi connectivity index (χ1v) is 14.0. The minimum Gasteiger partial charge on any atom is -0.491 e. The monoisotopic (exact) mass is 467 g/mol. The van der Waals surface area contributed by atoms with Gasteiger partial charge in [0.15, 0.2) is 0 Å². The number of hydrogen-bond donors (Lipinski definition) is 0. The zero-order valence-electron chi connectivity index (χ0n) is 21.8. The molecule has 1 aliphatic carbocycles. The van der Waals surface area contributed by atoms with Crippen LogP contribution >= 0.6 is 0 Å². The fraction of sp³-hybridized carbons (Fsp3) is 0.645. The summed E-state index contributed by atoms with van der Waals surface area (Å²) >= 11 is 0. The maximum absolute atomic E-state index is 14.9. The molecule has 2 aromatic rings. The maximum Gasteiger partial charge on any atom is 0.136 e. The van der Waals surface area contributed by atoms with Crippen molar-refractivity contribution in [2.75, 3.05) is 0 Å². The van der Waals surface area contributed by atoms with E-state index >= 15 is 0 Å². The molecule has 1 aliphatic rings. The van der Waals surface area contributed by atoms with E-state index in [1.54, 1.807) is 6.07 Å². The average Bonchev–Trinajstić information content (AvgIpc) is 2.85. The van der Waals surface area contributed by atoms with Gasteiger partial charge in [0.2, 0.25) is 0 Å². The molecule has 0 radical (unpaired) electrons. The zero-order chi connectivity index (χ0) is 24.2. The summed E-state index contributed by atoms with van der Waals surface area (Å²) in [4.78, 5) is 4.64. The summed E-state index contributed by atoms with van der Waals surface area (Å²) in [6, 6.07) is 9.34. The van der Waals surface area contributed by atoms with E-state index in [1.165, 1.54) is 88.7 Å². The Morgan fingerprint density at radius 2 is 1.65 bits per heavy atom. The molecular formula is C31H46FNO. The van der Waals surface area contributed by atoms with Crippen LogP contribution in [0.25, 0.3) is 11.3 Å². The van der Waals surface area contributed by atoms with Crippen LogP contribution in [-0.2, 0) is 0 Å². The Morgan fingerprint density at radius 1 is 0.912 bits per heavy atom. The van der Waals surface area contributed by atoms with Crippen LogP contribution in [0.3, 0.4) is 0 Å². The Morgan fingerprint density at radius 3 is 2.29 bits per heavy atom. The van der Waals surface area contributed by atoms with Gasteiger partial charge in [-0.25, -0.2) is 4.39 Å². The normalized spacial score (nSPS) is 19.2. The van der Waals surface area contributed by atoms with Crippen molar-refractivity contribution >= 4 is 0 Å². The molecular weight excluding hydrogens is 421 g/mol. The molecule has 3 rings (SSSR count). The zero-order valence-corrected chi connectivity index (χ0v) is 21.8. The number of hydrogen-bond acceptors (Lipinski definition) is 2. The van der Waals surface area contributed by atoms with Crippen LogP contribution in [0.4, 0.5) is 4.39 Å². The molecule has 0 bridgehead atoms. The third-order valence-corrected chi connectivity index (χ3v) is 7.59. The predicted molar refractivity (Wildman–Crippen MR) is 142 cm³/mol. The van der Waals surface area contributed by atoms with E-state index < -0.39 is 0 Å². The molecule has 3 heteroatoms. The number of aromatic nitrogens is 1. The quantitative estimate of drug-likeness (QED) is 0.258. The Labute approximate surface area is 207 Å². The van der Waals surface area contributed by atoms with E-state index in [1.807, 2.05) is 18.3 Å². The highest BCUT2D eigenvalue weighted by Crippen LogP contribution is 2.38. The lowest BCUT2D eigenvalue weighted by Gasteiger charge is -2.28.